The monoisotopic (exact) mass is 384 g/mol. The van der Waals surface area contributed by atoms with Crippen molar-refractivity contribution in [2.75, 3.05) is 19.6 Å². The molecule has 1 aliphatic heterocycles. The molecule has 124 valence electrons. The van der Waals surface area contributed by atoms with Gasteiger partial charge in [-0.05, 0) is 46.5 Å². The van der Waals surface area contributed by atoms with Crippen LogP contribution < -0.4 is 0 Å². The fourth-order valence-corrected chi connectivity index (χ4v) is 4.02. The van der Waals surface area contributed by atoms with Gasteiger partial charge in [-0.2, -0.15) is 0 Å². The molecule has 0 N–H and O–H groups in total. The van der Waals surface area contributed by atoms with Crippen LogP contribution in [-0.2, 0) is 0 Å². The highest BCUT2D eigenvalue weighted by Crippen LogP contribution is 2.34. The van der Waals surface area contributed by atoms with Crippen LogP contribution in [0.25, 0.3) is 0 Å². The summed E-state index contributed by atoms with van der Waals surface area (Å²) in [4.78, 5) is 17.8. The molecule has 2 aliphatic rings. The Morgan fingerprint density at radius 3 is 2.38 bits per heavy atom. The fraction of sp³-hybridized carbons (Fsp3) is 0.350. The third kappa shape index (κ3) is 3.13. The molecule has 0 bridgehead atoms. The molecule has 1 unspecified atom stereocenters. The summed E-state index contributed by atoms with van der Waals surface area (Å²) in [5.74, 6) is 0.117. The number of amides is 1. The van der Waals surface area contributed by atoms with E-state index in [2.05, 4.69) is 45.1 Å². The van der Waals surface area contributed by atoms with Gasteiger partial charge in [-0.15, -0.1) is 0 Å². The van der Waals surface area contributed by atoms with Crippen molar-refractivity contribution in [3.63, 3.8) is 0 Å². The van der Waals surface area contributed by atoms with E-state index in [1.54, 1.807) is 0 Å². The molecule has 3 nitrogen and oxygen atoms in total. The number of piperazine rings is 1. The summed E-state index contributed by atoms with van der Waals surface area (Å²) in [6.07, 6.45) is 2.61. The molecule has 1 atom stereocenters. The van der Waals surface area contributed by atoms with E-state index in [1.807, 2.05) is 35.2 Å². The molecule has 24 heavy (non-hydrogen) atoms. The number of benzene rings is 2. The van der Waals surface area contributed by atoms with Gasteiger partial charge in [-0.25, -0.2) is 0 Å². The number of rotatable bonds is 3. The van der Waals surface area contributed by atoms with Gasteiger partial charge in [0.25, 0.3) is 5.91 Å². The predicted octanol–water partition coefficient (Wildman–Crippen LogP) is 4.11. The molecule has 1 heterocycles. The number of carbonyl (C=O) groups excluding carboxylic acids is 1. The van der Waals surface area contributed by atoms with Crippen molar-refractivity contribution >= 4 is 21.8 Å². The summed E-state index contributed by atoms with van der Waals surface area (Å²) in [6, 6.07) is 19.0. The zero-order chi connectivity index (χ0) is 16.5. The van der Waals surface area contributed by atoms with Crippen LogP contribution in [0, 0.1) is 0 Å². The summed E-state index contributed by atoms with van der Waals surface area (Å²) >= 11 is 3.53. The minimum Gasteiger partial charge on any atom is -0.329 e. The van der Waals surface area contributed by atoms with Crippen LogP contribution >= 0.6 is 15.9 Å². The van der Waals surface area contributed by atoms with Crippen LogP contribution in [0.3, 0.4) is 0 Å². The lowest BCUT2D eigenvalue weighted by Crippen LogP contribution is -2.51. The third-order valence-corrected chi connectivity index (χ3v) is 5.72. The van der Waals surface area contributed by atoms with Gasteiger partial charge < -0.3 is 4.90 Å². The maximum absolute atomic E-state index is 13.2. The van der Waals surface area contributed by atoms with Crippen LogP contribution in [-0.4, -0.2) is 41.4 Å². The number of hydrogen-bond donors (Lipinski definition) is 0. The van der Waals surface area contributed by atoms with E-state index in [4.69, 9.17) is 0 Å². The van der Waals surface area contributed by atoms with Gasteiger partial charge in [0.15, 0.2) is 0 Å². The summed E-state index contributed by atoms with van der Waals surface area (Å²) in [5, 5.41) is 0. The van der Waals surface area contributed by atoms with Gasteiger partial charge in [0.05, 0.1) is 11.6 Å². The first kappa shape index (κ1) is 15.9. The number of carbonyl (C=O) groups is 1. The second-order valence-corrected chi connectivity index (χ2v) is 7.49. The van der Waals surface area contributed by atoms with Crippen molar-refractivity contribution in [1.29, 1.82) is 0 Å². The van der Waals surface area contributed by atoms with Crippen LogP contribution in [0.4, 0.5) is 0 Å². The Morgan fingerprint density at radius 1 is 0.958 bits per heavy atom. The molecular formula is C20H21BrN2O. The molecule has 1 amide bonds. The van der Waals surface area contributed by atoms with E-state index in [0.29, 0.717) is 0 Å². The lowest BCUT2D eigenvalue weighted by Gasteiger charge is -2.42. The summed E-state index contributed by atoms with van der Waals surface area (Å²) in [6.45, 7) is 2.70. The second-order valence-electron chi connectivity index (χ2n) is 6.63. The Morgan fingerprint density at radius 2 is 1.67 bits per heavy atom. The van der Waals surface area contributed by atoms with E-state index < -0.39 is 0 Å². The van der Waals surface area contributed by atoms with Crippen LogP contribution in [0.2, 0.25) is 0 Å². The van der Waals surface area contributed by atoms with Gasteiger partial charge in [0.2, 0.25) is 0 Å². The van der Waals surface area contributed by atoms with Crippen LogP contribution in [0.5, 0.6) is 0 Å². The second kappa shape index (κ2) is 6.69. The summed E-state index contributed by atoms with van der Waals surface area (Å²) < 4.78 is 0.867. The highest BCUT2D eigenvalue weighted by Gasteiger charge is 2.38. The first-order chi connectivity index (χ1) is 11.7. The van der Waals surface area contributed by atoms with Crippen molar-refractivity contribution in [1.82, 2.24) is 9.80 Å². The average Bonchev–Trinajstić information content (AvgIpc) is 3.47. The third-order valence-electron chi connectivity index (χ3n) is 5.02. The Kier molecular flexibility index (Phi) is 4.42. The number of halogens is 1. The highest BCUT2D eigenvalue weighted by atomic mass is 79.9. The van der Waals surface area contributed by atoms with E-state index in [-0.39, 0.29) is 11.9 Å². The molecule has 0 aromatic heterocycles. The molecule has 0 spiro atoms. The Balaban J connectivity index is 1.64. The van der Waals surface area contributed by atoms with Gasteiger partial charge in [-0.1, -0.05) is 42.5 Å². The molecule has 1 saturated carbocycles. The van der Waals surface area contributed by atoms with Crippen molar-refractivity contribution in [3.8, 4) is 0 Å². The Hall–Kier alpha value is -1.65. The molecule has 2 aromatic rings. The normalized spacial score (nSPS) is 21.7. The lowest BCUT2D eigenvalue weighted by molar-refractivity contribution is 0.0432. The fourth-order valence-electron chi connectivity index (χ4n) is 3.57. The smallest absolute Gasteiger partial charge is 0.255 e. The van der Waals surface area contributed by atoms with Gasteiger partial charge in [0.1, 0.15) is 0 Å². The van der Waals surface area contributed by atoms with E-state index in [0.717, 1.165) is 35.7 Å². The Labute approximate surface area is 151 Å². The zero-order valence-corrected chi connectivity index (χ0v) is 15.2. The molecular weight excluding hydrogens is 364 g/mol. The lowest BCUT2D eigenvalue weighted by atomic mass is 10.0. The van der Waals surface area contributed by atoms with E-state index >= 15 is 0 Å². The summed E-state index contributed by atoms with van der Waals surface area (Å²) in [5.41, 5.74) is 1.97. The standard InChI is InChI=1S/C20H21BrN2O/c21-18-9-5-4-8-17(18)20(24)23-13-12-22(16-10-11-16)14-19(23)15-6-2-1-3-7-15/h1-9,16,19H,10-14H2. The molecule has 4 heteroatoms. The van der Waals surface area contributed by atoms with Crippen molar-refractivity contribution in [2.24, 2.45) is 0 Å². The topological polar surface area (TPSA) is 23.6 Å². The predicted molar refractivity (Wildman–Crippen MR) is 99.0 cm³/mol. The minimum absolute atomic E-state index is 0.117. The van der Waals surface area contributed by atoms with Crippen molar-refractivity contribution in [2.45, 2.75) is 24.9 Å². The average molecular weight is 385 g/mol. The van der Waals surface area contributed by atoms with Crippen LogP contribution in [0.15, 0.2) is 59.1 Å². The summed E-state index contributed by atoms with van der Waals surface area (Å²) in [7, 11) is 0. The first-order valence-corrected chi connectivity index (χ1v) is 9.38. The number of hydrogen-bond acceptors (Lipinski definition) is 2. The molecule has 2 fully saturated rings. The Bertz CT molecular complexity index is 729. The maximum atomic E-state index is 13.2. The molecule has 2 aromatic carbocycles. The van der Waals surface area contributed by atoms with Gasteiger partial charge in [-0.3, -0.25) is 9.69 Å². The van der Waals surface area contributed by atoms with E-state index in [9.17, 15) is 4.79 Å². The highest BCUT2D eigenvalue weighted by molar-refractivity contribution is 9.10. The molecule has 4 rings (SSSR count). The van der Waals surface area contributed by atoms with Crippen molar-refractivity contribution in [3.05, 3.63) is 70.2 Å². The van der Waals surface area contributed by atoms with E-state index in [1.165, 1.54) is 18.4 Å². The number of nitrogens with zero attached hydrogens (tertiary/aromatic N) is 2. The molecule has 0 radical (unpaired) electrons. The zero-order valence-electron chi connectivity index (χ0n) is 13.6. The maximum Gasteiger partial charge on any atom is 0.255 e. The van der Waals surface area contributed by atoms with Gasteiger partial charge in [0, 0.05) is 30.1 Å². The minimum atomic E-state index is 0.117. The SMILES string of the molecule is O=C(c1ccccc1Br)N1CCN(C2CC2)CC1c1ccccc1. The van der Waals surface area contributed by atoms with Crippen molar-refractivity contribution < 1.29 is 4.79 Å². The molecule has 1 saturated heterocycles. The van der Waals surface area contributed by atoms with Gasteiger partial charge >= 0.3 is 0 Å². The first-order valence-electron chi connectivity index (χ1n) is 8.58. The largest absolute Gasteiger partial charge is 0.329 e. The van der Waals surface area contributed by atoms with Crippen LogP contribution in [0.1, 0.15) is 34.8 Å². The quantitative estimate of drug-likeness (QED) is 0.794. The molecule has 1 aliphatic carbocycles.